The zero-order valence-electron chi connectivity index (χ0n) is 22.4. The third-order valence-corrected chi connectivity index (χ3v) is 7.05. The minimum absolute atomic E-state index is 0.583. The number of nitrogen functional groups attached to an aromatic ring is 1. The predicted octanol–water partition coefficient (Wildman–Crippen LogP) is 7.10. The molecule has 3 aromatic carbocycles. The van der Waals surface area contributed by atoms with Crippen molar-refractivity contribution >= 4 is 11.7 Å². The van der Waals surface area contributed by atoms with Gasteiger partial charge in [-0.2, -0.15) is 0 Å². The molecule has 0 saturated heterocycles. The molecule has 190 valence electrons. The highest BCUT2D eigenvalue weighted by Gasteiger charge is 2.33. The molecule has 1 heterocycles. The maximum atomic E-state index is 12.6. The van der Waals surface area contributed by atoms with Crippen LogP contribution < -0.4 is 10.5 Å². The number of ether oxygens (including phenoxy) is 2. The highest BCUT2D eigenvalue weighted by atomic mass is 16.5. The number of aryl methyl sites for hydroxylation is 3. The van der Waals surface area contributed by atoms with Crippen molar-refractivity contribution in [1.82, 2.24) is 0 Å². The first-order chi connectivity index (χ1) is 16.9. The molecule has 1 unspecified atom stereocenters. The van der Waals surface area contributed by atoms with Gasteiger partial charge in [0.05, 0.1) is 12.2 Å². The number of carbonyl (C=O) groups is 1. The average molecular weight is 488 g/mol. The molecule has 5 nitrogen and oxygen atoms in total. The lowest BCUT2D eigenvalue weighted by Crippen LogP contribution is -2.28. The minimum atomic E-state index is -1.16. The summed E-state index contributed by atoms with van der Waals surface area (Å²) in [6.07, 6.45) is 0.722. The van der Waals surface area contributed by atoms with Gasteiger partial charge in [0.25, 0.3) is 0 Å². The molecule has 1 atom stereocenters. The first-order valence-corrected chi connectivity index (χ1v) is 12.6. The number of carboxylic acids is 1. The van der Waals surface area contributed by atoms with Crippen molar-refractivity contribution < 1.29 is 19.4 Å². The van der Waals surface area contributed by atoms with E-state index in [1.54, 1.807) is 0 Å². The van der Waals surface area contributed by atoms with Crippen LogP contribution in [-0.4, -0.2) is 23.3 Å². The maximum absolute atomic E-state index is 12.6. The lowest BCUT2D eigenvalue weighted by molar-refractivity contribution is -0.160. The van der Waals surface area contributed by atoms with Crippen LogP contribution in [0.15, 0.2) is 36.4 Å². The summed E-state index contributed by atoms with van der Waals surface area (Å²) in [6.45, 7) is 14.4. The standard InChI is InChI=1S/C31H37NO4/c1-17-10-11-22(15-18(17)2)26-19(3)25(23-12-13-24-21(16-23)9-8-14-35-24)27(20(4)28(26)32)29(30(33)34)36-31(5,6)7/h10-13,15-16,29H,8-9,14,32H2,1-7H3,(H,33,34). The molecule has 0 saturated carbocycles. The summed E-state index contributed by atoms with van der Waals surface area (Å²) < 4.78 is 12.0. The van der Waals surface area contributed by atoms with Crippen LogP contribution in [0, 0.1) is 27.7 Å². The molecule has 36 heavy (non-hydrogen) atoms. The topological polar surface area (TPSA) is 81.8 Å². The summed E-state index contributed by atoms with van der Waals surface area (Å²) in [5, 5.41) is 10.3. The molecule has 0 aliphatic carbocycles. The van der Waals surface area contributed by atoms with Crippen LogP contribution in [0.4, 0.5) is 5.69 Å². The summed E-state index contributed by atoms with van der Waals surface area (Å²) in [4.78, 5) is 12.6. The number of aliphatic carboxylic acids is 1. The van der Waals surface area contributed by atoms with Crippen LogP contribution in [-0.2, 0) is 16.0 Å². The van der Waals surface area contributed by atoms with E-state index in [0.717, 1.165) is 64.1 Å². The maximum Gasteiger partial charge on any atom is 0.337 e. The van der Waals surface area contributed by atoms with Crippen molar-refractivity contribution in [3.8, 4) is 28.0 Å². The van der Waals surface area contributed by atoms with Gasteiger partial charge in [0.15, 0.2) is 6.10 Å². The summed E-state index contributed by atoms with van der Waals surface area (Å²) in [7, 11) is 0. The zero-order chi connectivity index (χ0) is 26.4. The first kappa shape index (κ1) is 25.8. The van der Waals surface area contributed by atoms with Crippen molar-refractivity contribution in [2.45, 2.75) is 73.0 Å². The largest absolute Gasteiger partial charge is 0.493 e. The van der Waals surface area contributed by atoms with E-state index in [1.165, 1.54) is 11.1 Å². The Hall–Kier alpha value is -3.31. The van der Waals surface area contributed by atoms with Gasteiger partial charge in [0, 0.05) is 16.8 Å². The summed E-state index contributed by atoms with van der Waals surface area (Å²) in [6, 6.07) is 12.5. The highest BCUT2D eigenvalue weighted by molar-refractivity contribution is 5.93. The van der Waals surface area contributed by atoms with E-state index in [0.29, 0.717) is 11.3 Å². The molecule has 0 aromatic heterocycles. The van der Waals surface area contributed by atoms with Crippen molar-refractivity contribution in [3.63, 3.8) is 0 Å². The minimum Gasteiger partial charge on any atom is -0.493 e. The molecule has 3 aromatic rings. The Morgan fingerprint density at radius 1 is 0.972 bits per heavy atom. The Morgan fingerprint density at radius 2 is 1.64 bits per heavy atom. The molecule has 0 fully saturated rings. The number of fused-ring (bicyclic) bond motifs is 1. The molecule has 5 heteroatoms. The second-order valence-corrected chi connectivity index (χ2v) is 10.8. The van der Waals surface area contributed by atoms with E-state index in [4.69, 9.17) is 15.2 Å². The van der Waals surface area contributed by atoms with Crippen LogP contribution in [0.1, 0.15) is 66.7 Å². The van der Waals surface area contributed by atoms with E-state index in [9.17, 15) is 9.90 Å². The van der Waals surface area contributed by atoms with E-state index < -0.39 is 17.7 Å². The number of hydrogen-bond acceptors (Lipinski definition) is 4. The molecule has 0 spiro atoms. The van der Waals surface area contributed by atoms with Gasteiger partial charge in [-0.05, 0) is 118 Å². The van der Waals surface area contributed by atoms with Gasteiger partial charge in [-0.25, -0.2) is 4.79 Å². The van der Waals surface area contributed by atoms with Gasteiger partial charge in [0.2, 0.25) is 0 Å². The number of anilines is 1. The molecule has 1 aliphatic rings. The highest BCUT2D eigenvalue weighted by Crippen LogP contribution is 2.46. The monoisotopic (exact) mass is 487 g/mol. The summed E-state index contributed by atoms with van der Waals surface area (Å²) in [5.74, 6) is -0.139. The Bertz CT molecular complexity index is 1330. The van der Waals surface area contributed by atoms with E-state index >= 15 is 0 Å². The second kappa shape index (κ2) is 9.62. The van der Waals surface area contributed by atoms with Gasteiger partial charge in [-0.1, -0.05) is 24.3 Å². The third-order valence-electron chi connectivity index (χ3n) is 7.05. The van der Waals surface area contributed by atoms with Crippen LogP contribution >= 0.6 is 0 Å². The van der Waals surface area contributed by atoms with Crippen LogP contribution in [0.25, 0.3) is 22.3 Å². The molecule has 0 amide bonds. The van der Waals surface area contributed by atoms with Crippen LogP contribution in [0.2, 0.25) is 0 Å². The average Bonchev–Trinajstić information content (AvgIpc) is 2.81. The lowest BCUT2D eigenvalue weighted by atomic mass is 9.81. The third kappa shape index (κ3) is 4.85. The quantitative estimate of drug-likeness (QED) is 0.375. The predicted molar refractivity (Wildman–Crippen MR) is 146 cm³/mol. The molecule has 0 bridgehead atoms. The fourth-order valence-corrected chi connectivity index (χ4v) is 5.12. The number of hydrogen-bond donors (Lipinski definition) is 2. The smallest absolute Gasteiger partial charge is 0.337 e. The van der Waals surface area contributed by atoms with Crippen molar-refractivity contribution in [1.29, 1.82) is 0 Å². The first-order valence-electron chi connectivity index (χ1n) is 12.6. The number of carboxylic acid groups (broad SMARTS) is 1. The Kier molecular flexibility index (Phi) is 6.89. The van der Waals surface area contributed by atoms with E-state index in [-0.39, 0.29) is 0 Å². The number of rotatable bonds is 5. The van der Waals surface area contributed by atoms with Crippen molar-refractivity contribution in [2.75, 3.05) is 12.3 Å². The molecular formula is C31H37NO4. The molecule has 1 aliphatic heterocycles. The van der Waals surface area contributed by atoms with Crippen molar-refractivity contribution in [3.05, 3.63) is 69.8 Å². The van der Waals surface area contributed by atoms with Gasteiger partial charge < -0.3 is 20.3 Å². The summed E-state index contributed by atoms with van der Waals surface area (Å²) >= 11 is 0. The van der Waals surface area contributed by atoms with Crippen molar-refractivity contribution in [2.24, 2.45) is 0 Å². The normalized spacial score (nSPS) is 14.2. The summed E-state index contributed by atoms with van der Waals surface area (Å²) in [5.41, 5.74) is 16.3. The molecule has 0 radical (unpaired) electrons. The molecule has 3 N–H and O–H groups in total. The van der Waals surface area contributed by atoms with Gasteiger partial charge >= 0.3 is 5.97 Å². The number of nitrogens with two attached hydrogens (primary N) is 1. The fraction of sp³-hybridized carbons (Fsp3) is 0.387. The van der Waals surface area contributed by atoms with Gasteiger partial charge in [0.1, 0.15) is 5.75 Å². The zero-order valence-corrected chi connectivity index (χ0v) is 22.4. The van der Waals surface area contributed by atoms with Gasteiger partial charge in [-0.15, -0.1) is 0 Å². The molecular weight excluding hydrogens is 450 g/mol. The van der Waals surface area contributed by atoms with Gasteiger partial charge in [-0.3, -0.25) is 0 Å². The van der Waals surface area contributed by atoms with Crippen LogP contribution in [0.5, 0.6) is 5.75 Å². The Morgan fingerprint density at radius 3 is 2.28 bits per heavy atom. The van der Waals surface area contributed by atoms with Crippen LogP contribution in [0.3, 0.4) is 0 Å². The second-order valence-electron chi connectivity index (χ2n) is 10.8. The van der Waals surface area contributed by atoms with E-state index in [2.05, 4.69) is 38.1 Å². The Labute approximate surface area is 214 Å². The Balaban J connectivity index is 2.07. The fourth-order valence-electron chi connectivity index (χ4n) is 5.12. The number of benzene rings is 3. The SMILES string of the molecule is Cc1ccc(-c2c(C)c(-c3ccc4c(c3)CCCO4)c(C(OC(C)(C)C)C(=O)O)c(C)c2N)cc1C. The lowest BCUT2D eigenvalue weighted by Gasteiger charge is -2.30. The molecule has 4 rings (SSSR count). The van der Waals surface area contributed by atoms with E-state index in [1.807, 2.05) is 46.8 Å².